The Kier molecular flexibility index (Phi) is 3.72. The van der Waals surface area contributed by atoms with E-state index in [0.717, 1.165) is 5.69 Å². The smallest absolute Gasteiger partial charge is 0.394 e. The minimum atomic E-state index is -1.40. The van der Waals surface area contributed by atoms with Crippen molar-refractivity contribution in [3.05, 3.63) is 29.3 Å². The van der Waals surface area contributed by atoms with Gasteiger partial charge in [0.15, 0.2) is 0 Å². The van der Waals surface area contributed by atoms with Crippen LogP contribution in [0.4, 0.5) is 5.69 Å². The Morgan fingerprint density at radius 3 is 2.39 bits per heavy atom. The number of carbonyl (C=O) groups excluding carboxylic acids is 1. The second-order valence-electron chi connectivity index (χ2n) is 4.06. The lowest BCUT2D eigenvalue weighted by molar-refractivity contribution is -0.156. The van der Waals surface area contributed by atoms with Gasteiger partial charge in [0.05, 0.1) is 0 Å². The summed E-state index contributed by atoms with van der Waals surface area (Å²) in [4.78, 5) is 25.3. The number of aliphatic carboxylic acids is 1. The van der Waals surface area contributed by atoms with Crippen LogP contribution in [-0.4, -0.2) is 48.1 Å². The lowest BCUT2D eigenvalue weighted by Gasteiger charge is -2.35. The maximum absolute atomic E-state index is 11.3. The highest BCUT2D eigenvalue weighted by molar-refractivity contribution is 6.31. The molecule has 0 aromatic heterocycles. The number of rotatable bonds is 1. The van der Waals surface area contributed by atoms with Gasteiger partial charge in [0.25, 0.3) is 0 Å². The average Bonchev–Trinajstić information content (AvgIpc) is 2.38. The van der Waals surface area contributed by atoms with Crippen molar-refractivity contribution in [2.24, 2.45) is 0 Å². The number of amides is 1. The van der Waals surface area contributed by atoms with Crippen molar-refractivity contribution in [3.8, 4) is 0 Å². The van der Waals surface area contributed by atoms with Gasteiger partial charge in [-0.1, -0.05) is 17.7 Å². The van der Waals surface area contributed by atoms with E-state index in [1.165, 1.54) is 4.90 Å². The van der Waals surface area contributed by atoms with Gasteiger partial charge in [-0.05, 0) is 18.2 Å². The van der Waals surface area contributed by atoms with Crippen LogP contribution in [-0.2, 0) is 9.59 Å². The molecule has 1 fully saturated rings. The van der Waals surface area contributed by atoms with E-state index < -0.39 is 11.9 Å². The third-order valence-corrected chi connectivity index (χ3v) is 3.16. The minimum absolute atomic E-state index is 0.414. The summed E-state index contributed by atoms with van der Waals surface area (Å²) in [7, 11) is 0. The third kappa shape index (κ3) is 2.73. The predicted molar refractivity (Wildman–Crippen MR) is 67.9 cm³/mol. The Morgan fingerprint density at radius 1 is 1.17 bits per heavy atom. The van der Waals surface area contributed by atoms with Crippen LogP contribution in [0.15, 0.2) is 24.3 Å². The van der Waals surface area contributed by atoms with Crippen LogP contribution in [0, 0.1) is 0 Å². The van der Waals surface area contributed by atoms with Crippen molar-refractivity contribution in [1.29, 1.82) is 0 Å². The summed E-state index contributed by atoms with van der Waals surface area (Å²) in [5.41, 5.74) is 0.991. The molecule has 1 aromatic carbocycles. The number of hydrogen-bond acceptors (Lipinski definition) is 3. The van der Waals surface area contributed by atoms with E-state index >= 15 is 0 Å². The Bertz CT molecular complexity index is 470. The van der Waals surface area contributed by atoms with Gasteiger partial charge in [-0.15, -0.1) is 0 Å². The first-order valence-electron chi connectivity index (χ1n) is 5.60. The number of carbonyl (C=O) groups is 2. The quantitative estimate of drug-likeness (QED) is 0.774. The lowest BCUT2D eigenvalue weighted by Crippen LogP contribution is -2.50. The summed E-state index contributed by atoms with van der Waals surface area (Å²) < 4.78 is 0. The van der Waals surface area contributed by atoms with Crippen molar-refractivity contribution in [2.75, 3.05) is 31.1 Å². The highest BCUT2D eigenvalue weighted by atomic mass is 35.5. The van der Waals surface area contributed by atoms with Crippen LogP contribution in [0.5, 0.6) is 0 Å². The van der Waals surface area contributed by atoms with Gasteiger partial charge in [-0.2, -0.15) is 0 Å². The summed E-state index contributed by atoms with van der Waals surface area (Å²) in [5.74, 6) is -2.23. The second kappa shape index (κ2) is 5.27. The highest BCUT2D eigenvalue weighted by Crippen LogP contribution is 2.20. The van der Waals surface area contributed by atoms with Crippen LogP contribution in [0.2, 0.25) is 5.02 Å². The molecule has 96 valence electrons. The Balaban J connectivity index is 1.98. The molecule has 1 aliphatic rings. The standard InChI is InChI=1S/C12H13ClN2O3/c13-9-2-1-3-10(8-9)14-4-6-15(7-5-14)11(16)12(17)18/h1-3,8H,4-7H2,(H,17,18). The van der Waals surface area contributed by atoms with Crippen molar-refractivity contribution >= 4 is 29.2 Å². The summed E-state index contributed by atoms with van der Waals surface area (Å²) in [5, 5.41) is 9.29. The van der Waals surface area contributed by atoms with Crippen LogP contribution in [0.3, 0.4) is 0 Å². The van der Waals surface area contributed by atoms with E-state index in [-0.39, 0.29) is 0 Å². The van der Waals surface area contributed by atoms with Crippen molar-refractivity contribution in [2.45, 2.75) is 0 Å². The third-order valence-electron chi connectivity index (χ3n) is 2.92. The van der Waals surface area contributed by atoms with E-state index in [9.17, 15) is 9.59 Å². The van der Waals surface area contributed by atoms with Gasteiger partial charge in [-0.3, -0.25) is 4.79 Å². The maximum atomic E-state index is 11.3. The Hall–Kier alpha value is -1.75. The van der Waals surface area contributed by atoms with Gasteiger partial charge < -0.3 is 14.9 Å². The van der Waals surface area contributed by atoms with Gasteiger partial charge in [0.1, 0.15) is 0 Å². The molecule has 18 heavy (non-hydrogen) atoms. The number of carboxylic acids is 1. The van der Waals surface area contributed by atoms with E-state index in [1.807, 2.05) is 18.2 Å². The molecule has 0 atom stereocenters. The molecule has 6 heteroatoms. The van der Waals surface area contributed by atoms with Crippen molar-refractivity contribution in [1.82, 2.24) is 4.90 Å². The number of piperazine rings is 1. The molecule has 0 radical (unpaired) electrons. The molecule has 0 bridgehead atoms. The van der Waals surface area contributed by atoms with Crippen LogP contribution < -0.4 is 4.90 Å². The molecule has 1 aromatic rings. The molecule has 1 saturated heterocycles. The van der Waals surface area contributed by atoms with Crippen molar-refractivity contribution in [3.63, 3.8) is 0 Å². The van der Waals surface area contributed by atoms with Crippen LogP contribution in [0.1, 0.15) is 0 Å². The molecule has 1 amide bonds. The number of benzene rings is 1. The number of hydrogen-bond donors (Lipinski definition) is 1. The van der Waals surface area contributed by atoms with E-state index in [0.29, 0.717) is 31.2 Å². The zero-order chi connectivity index (χ0) is 13.1. The summed E-state index contributed by atoms with van der Waals surface area (Å²) in [6.45, 7) is 2.05. The summed E-state index contributed by atoms with van der Waals surface area (Å²) in [6.07, 6.45) is 0. The number of halogens is 1. The Labute approximate surface area is 110 Å². The molecule has 2 rings (SSSR count). The first-order valence-corrected chi connectivity index (χ1v) is 5.98. The van der Waals surface area contributed by atoms with Gasteiger partial charge >= 0.3 is 11.9 Å². The molecule has 0 aliphatic carbocycles. The lowest BCUT2D eigenvalue weighted by atomic mass is 10.2. The van der Waals surface area contributed by atoms with E-state index in [1.54, 1.807) is 6.07 Å². The fraction of sp³-hybridized carbons (Fsp3) is 0.333. The molecule has 0 unspecified atom stereocenters. The van der Waals surface area contributed by atoms with Gasteiger partial charge in [0.2, 0.25) is 0 Å². The molecule has 0 spiro atoms. The normalized spacial score (nSPS) is 15.6. The van der Waals surface area contributed by atoms with Crippen LogP contribution >= 0.6 is 11.6 Å². The molecule has 5 nitrogen and oxygen atoms in total. The molecule has 1 heterocycles. The zero-order valence-electron chi connectivity index (χ0n) is 9.67. The van der Waals surface area contributed by atoms with Crippen molar-refractivity contribution < 1.29 is 14.7 Å². The first-order chi connectivity index (χ1) is 8.58. The van der Waals surface area contributed by atoms with E-state index in [2.05, 4.69) is 4.90 Å². The molecular formula is C12H13ClN2O3. The fourth-order valence-electron chi connectivity index (χ4n) is 1.98. The fourth-order valence-corrected chi connectivity index (χ4v) is 2.16. The van der Waals surface area contributed by atoms with E-state index in [4.69, 9.17) is 16.7 Å². The average molecular weight is 269 g/mol. The maximum Gasteiger partial charge on any atom is 0.394 e. The number of carboxylic acid groups (broad SMARTS) is 1. The SMILES string of the molecule is O=C(O)C(=O)N1CCN(c2cccc(Cl)c2)CC1. The molecule has 0 saturated carbocycles. The summed E-state index contributed by atoms with van der Waals surface area (Å²) in [6, 6.07) is 7.47. The first kappa shape index (κ1) is 12.7. The molecular weight excluding hydrogens is 256 g/mol. The predicted octanol–water partition coefficient (Wildman–Crippen LogP) is 1.07. The molecule has 1 N–H and O–H groups in total. The Morgan fingerprint density at radius 2 is 1.83 bits per heavy atom. The zero-order valence-corrected chi connectivity index (χ0v) is 10.4. The summed E-state index contributed by atoms with van der Waals surface area (Å²) >= 11 is 5.92. The topological polar surface area (TPSA) is 60.9 Å². The second-order valence-corrected chi connectivity index (χ2v) is 4.50. The monoisotopic (exact) mass is 268 g/mol. The number of nitrogens with zero attached hydrogens (tertiary/aromatic N) is 2. The van der Waals surface area contributed by atoms with Gasteiger partial charge in [-0.25, -0.2) is 4.79 Å². The number of anilines is 1. The van der Waals surface area contributed by atoms with Gasteiger partial charge in [0, 0.05) is 36.9 Å². The minimum Gasteiger partial charge on any atom is -0.474 e. The largest absolute Gasteiger partial charge is 0.474 e. The highest BCUT2D eigenvalue weighted by Gasteiger charge is 2.25. The molecule has 1 aliphatic heterocycles. The van der Waals surface area contributed by atoms with Crippen LogP contribution in [0.25, 0.3) is 0 Å².